The Balaban J connectivity index is 1.81. The molecule has 176 valence electrons. The molecule has 1 aromatic heterocycles. The summed E-state index contributed by atoms with van der Waals surface area (Å²) in [5.74, 6) is -0.985. The second-order valence-corrected chi connectivity index (χ2v) is 8.06. The Hall–Kier alpha value is -4.28. The summed E-state index contributed by atoms with van der Waals surface area (Å²) in [4.78, 5) is 27.4. The van der Waals surface area contributed by atoms with Gasteiger partial charge in [-0.3, -0.25) is 14.5 Å². The molecule has 0 aliphatic carbocycles. The number of nitrogens with zero attached hydrogens (tertiary/aromatic N) is 4. The first-order chi connectivity index (χ1) is 17.0. The fraction of sp³-hybridized carbons (Fsp3) is 0.214. The van der Waals surface area contributed by atoms with Gasteiger partial charge in [0.25, 0.3) is 11.8 Å². The van der Waals surface area contributed by atoms with Crippen molar-refractivity contribution in [2.45, 2.75) is 20.3 Å². The number of hydrogen-bond donors (Lipinski definition) is 0. The monoisotopic (exact) mass is 466 g/mol. The Bertz CT molecular complexity index is 1330. The second-order valence-electron chi connectivity index (χ2n) is 8.06. The number of carbonyl (C=O) groups is 2. The SMILES string of the molecule is CCOCCCN1C(=O)C(C#N)=C(C)/C(=C\c2cn(-c3ccccc3)nc2-c2ccccc2)C1=O. The van der Waals surface area contributed by atoms with Gasteiger partial charge in [-0.2, -0.15) is 10.4 Å². The van der Waals surface area contributed by atoms with Crippen LogP contribution >= 0.6 is 0 Å². The summed E-state index contributed by atoms with van der Waals surface area (Å²) >= 11 is 0. The van der Waals surface area contributed by atoms with Gasteiger partial charge in [-0.1, -0.05) is 48.5 Å². The number of benzene rings is 2. The van der Waals surface area contributed by atoms with Gasteiger partial charge in [0, 0.05) is 42.7 Å². The standard InChI is InChI=1S/C28H26N4O3/c1-3-35-16-10-15-31-27(33)24(20(2)25(18-29)28(31)34)17-22-19-32(23-13-8-5-9-14-23)30-26(22)21-11-6-4-7-12-21/h4-9,11-14,17,19H,3,10,15-16H2,1-2H3/b24-17+. The van der Waals surface area contributed by atoms with Crippen molar-refractivity contribution in [3.05, 3.63) is 89.1 Å². The van der Waals surface area contributed by atoms with Crippen LogP contribution < -0.4 is 0 Å². The van der Waals surface area contributed by atoms with Crippen molar-refractivity contribution < 1.29 is 14.3 Å². The molecule has 4 rings (SSSR count). The van der Waals surface area contributed by atoms with Gasteiger partial charge in [-0.05, 0) is 44.1 Å². The number of rotatable bonds is 8. The Kier molecular flexibility index (Phi) is 7.34. The maximum absolute atomic E-state index is 13.4. The topological polar surface area (TPSA) is 88.2 Å². The van der Waals surface area contributed by atoms with E-state index >= 15 is 0 Å². The van der Waals surface area contributed by atoms with E-state index in [9.17, 15) is 14.9 Å². The predicted molar refractivity (Wildman–Crippen MR) is 133 cm³/mol. The molecule has 1 aliphatic heterocycles. The van der Waals surface area contributed by atoms with Gasteiger partial charge in [0.05, 0.1) is 11.4 Å². The van der Waals surface area contributed by atoms with Gasteiger partial charge >= 0.3 is 0 Å². The Morgan fingerprint density at radius 2 is 1.71 bits per heavy atom. The third-order valence-corrected chi connectivity index (χ3v) is 5.81. The molecule has 0 fully saturated rings. The molecule has 3 aromatic rings. The first kappa shape index (κ1) is 23.9. The molecule has 0 saturated carbocycles. The number of nitriles is 1. The van der Waals surface area contributed by atoms with E-state index in [1.807, 2.05) is 79.9 Å². The minimum absolute atomic E-state index is 0.0241. The lowest BCUT2D eigenvalue weighted by Crippen LogP contribution is -2.43. The fourth-order valence-electron chi connectivity index (χ4n) is 3.98. The molecule has 2 amide bonds. The average molecular weight is 467 g/mol. The molecule has 7 heteroatoms. The lowest BCUT2D eigenvalue weighted by molar-refractivity contribution is -0.140. The molecule has 0 spiro atoms. The summed E-state index contributed by atoms with van der Waals surface area (Å²) in [5, 5.41) is 14.5. The summed E-state index contributed by atoms with van der Waals surface area (Å²) in [6, 6.07) is 21.4. The Labute approximate surface area is 204 Å². The largest absolute Gasteiger partial charge is 0.382 e. The van der Waals surface area contributed by atoms with Crippen LogP contribution in [0.1, 0.15) is 25.8 Å². The Morgan fingerprint density at radius 3 is 2.37 bits per heavy atom. The van der Waals surface area contributed by atoms with E-state index < -0.39 is 11.8 Å². The molecular weight excluding hydrogens is 440 g/mol. The van der Waals surface area contributed by atoms with Gasteiger partial charge in [0.1, 0.15) is 11.6 Å². The van der Waals surface area contributed by atoms with Crippen molar-refractivity contribution in [2.75, 3.05) is 19.8 Å². The van der Waals surface area contributed by atoms with E-state index in [1.165, 1.54) is 0 Å². The first-order valence-electron chi connectivity index (χ1n) is 11.5. The van der Waals surface area contributed by atoms with Crippen molar-refractivity contribution >= 4 is 17.9 Å². The maximum atomic E-state index is 13.4. The van der Waals surface area contributed by atoms with Crippen LogP contribution in [0.5, 0.6) is 0 Å². The van der Waals surface area contributed by atoms with Gasteiger partial charge in [-0.15, -0.1) is 0 Å². The number of para-hydroxylation sites is 1. The van der Waals surface area contributed by atoms with Gasteiger partial charge < -0.3 is 4.74 Å². The van der Waals surface area contributed by atoms with Crippen LogP contribution in [0.4, 0.5) is 0 Å². The molecule has 0 atom stereocenters. The lowest BCUT2D eigenvalue weighted by atomic mass is 9.93. The lowest BCUT2D eigenvalue weighted by Gasteiger charge is -2.27. The van der Waals surface area contributed by atoms with Gasteiger partial charge in [0.2, 0.25) is 0 Å². The number of carbonyl (C=O) groups excluding carboxylic acids is 2. The quantitative estimate of drug-likeness (QED) is 0.276. The molecule has 1 aliphatic rings. The summed E-state index contributed by atoms with van der Waals surface area (Å²) in [5.41, 5.74) is 3.83. The normalized spacial score (nSPS) is 15.1. The summed E-state index contributed by atoms with van der Waals surface area (Å²) in [6.07, 6.45) is 4.08. The third kappa shape index (κ3) is 4.98. The molecule has 0 bridgehead atoms. The van der Waals surface area contributed by atoms with E-state index in [0.717, 1.165) is 16.2 Å². The summed E-state index contributed by atoms with van der Waals surface area (Å²) < 4.78 is 7.11. The molecule has 0 N–H and O–H groups in total. The third-order valence-electron chi connectivity index (χ3n) is 5.81. The number of ether oxygens (including phenoxy) is 1. The van der Waals surface area contributed by atoms with Crippen molar-refractivity contribution in [1.82, 2.24) is 14.7 Å². The number of hydrogen-bond acceptors (Lipinski definition) is 5. The summed E-state index contributed by atoms with van der Waals surface area (Å²) in [7, 11) is 0. The van der Waals surface area contributed by atoms with Crippen LogP contribution in [0.2, 0.25) is 0 Å². The molecule has 2 aromatic carbocycles. The zero-order valence-electron chi connectivity index (χ0n) is 19.8. The highest BCUT2D eigenvalue weighted by Gasteiger charge is 2.35. The van der Waals surface area contributed by atoms with E-state index in [4.69, 9.17) is 9.84 Å². The zero-order chi connectivity index (χ0) is 24.8. The van der Waals surface area contributed by atoms with Crippen LogP contribution in [-0.4, -0.2) is 46.3 Å². The highest BCUT2D eigenvalue weighted by Crippen LogP contribution is 2.31. The number of aromatic nitrogens is 2. The van der Waals surface area contributed by atoms with E-state index in [1.54, 1.807) is 17.7 Å². The van der Waals surface area contributed by atoms with Crippen LogP contribution in [-0.2, 0) is 14.3 Å². The molecule has 0 radical (unpaired) electrons. The van der Waals surface area contributed by atoms with Crippen LogP contribution in [0.15, 0.2) is 83.6 Å². The van der Waals surface area contributed by atoms with E-state index in [-0.39, 0.29) is 12.1 Å². The number of amides is 2. The molecule has 0 saturated heterocycles. The summed E-state index contributed by atoms with van der Waals surface area (Å²) in [6.45, 7) is 4.70. The average Bonchev–Trinajstić information content (AvgIpc) is 3.31. The fourth-order valence-corrected chi connectivity index (χ4v) is 3.98. The molecule has 35 heavy (non-hydrogen) atoms. The van der Waals surface area contributed by atoms with Crippen molar-refractivity contribution in [2.24, 2.45) is 0 Å². The second kappa shape index (κ2) is 10.8. The zero-order valence-corrected chi connectivity index (χ0v) is 19.8. The highest BCUT2D eigenvalue weighted by atomic mass is 16.5. The van der Waals surface area contributed by atoms with E-state index in [0.29, 0.717) is 42.0 Å². The van der Waals surface area contributed by atoms with Crippen molar-refractivity contribution in [3.63, 3.8) is 0 Å². The predicted octanol–water partition coefficient (Wildman–Crippen LogP) is 4.56. The van der Waals surface area contributed by atoms with Crippen LogP contribution in [0.25, 0.3) is 23.0 Å². The highest BCUT2D eigenvalue weighted by molar-refractivity contribution is 6.19. The molecular formula is C28H26N4O3. The van der Waals surface area contributed by atoms with Gasteiger partial charge in [-0.25, -0.2) is 4.68 Å². The molecule has 2 heterocycles. The number of imide groups is 1. The molecule has 7 nitrogen and oxygen atoms in total. The van der Waals surface area contributed by atoms with E-state index in [2.05, 4.69) is 0 Å². The minimum Gasteiger partial charge on any atom is -0.382 e. The Morgan fingerprint density at radius 1 is 1.03 bits per heavy atom. The van der Waals surface area contributed by atoms with Gasteiger partial charge in [0.15, 0.2) is 0 Å². The maximum Gasteiger partial charge on any atom is 0.271 e. The van der Waals surface area contributed by atoms with Crippen molar-refractivity contribution in [3.8, 4) is 23.0 Å². The first-order valence-corrected chi connectivity index (χ1v) is 11.5. The van der Waals surface area contributed by atoms with Crippen LogP contribution in [0.3, 0.4) is 0 Å². The molecule has 0 unspecified atom stereocenters. The smallest absolute Gasteiger partial charge is 0.271 e. The minimum atomic E-state index is -0.563. The van der Waals surface area contributed by atoms with Crippen molar-refractivity contribution in [1.29, 1.82) is 5.26 Å². The van der Waals surface area contributed by atoms with Crippen LogP contribution in [0, 0.1) is 11.3 Å².